The summed E-state index contributed by atoms with van der Waals surface area (Å²) in [4.78, 5) is 78.6. The normalized spacial score (nSPS) is 16.9. The lowest BCUT2D eigenvalue weighted by molar-refractivity contribution is -0.141. The molecule has 0 aliphatic carbocycles. The van der Waals surface area contributed by atoms with E-state index in [1.165, 1.54) is 17.0 Å². The average molecular weight is 653 g/mol. The van der Waals surface area contributed by atoms with Gasteiger partial charge in [0.1, 0.15) is 29.9 Å². The number of rotatable bonds is 16. The van der Waals surface area contributed by atoms with E-state index in [2.05, 4.69) is 16.0 Å². The van der Waals surface area contributed by atoms with E-state index in [0.717, 1.165) is 0 Å². The second kappa shape index (κ2) is 17.1. The Kier molecular flexibility index (Phi) is 13.3. The van der Waals surface area contributed by atoms with Gasteiger partial charge in [0.25, 0.3) is 0 Å². The molecule has 9 N–H and O–H groups in total. The topological polar surface area (TPSA) is 234 Å². The largest absolute Gasteiger partial charge is 0.508 e. The zero-order chi connectivity index (χ0) is 34.7. The number of likely N-dealkylation sites (tertiary alicyclic amines) is 1. The summed E-state index contributed by atoms with van der Waals surface area (Å²) in [7, 11) is 0. The van der Waals surface area contributed by atoms with Crippen molar-refractivity contribution in [2.45, 2.75) is 82.6 Å². The molecule has 1 saturated heterocycles. The van der Waals surface area contributed by atoms with Crippen LogP contribution in [0.4, 0.5) is 0 Å². The number of nitrogens with one attached hydrogen (secondary N) is 3. The molecule has 1 aliphatic heterocycles. The number of hydrogen-bond donors (Lipinski definition) is 7. The smallest absolute Gasteiger partial charge is 0.305 e. The molecule has 0 aromatic heterocycles. The maximum Gasteiger partial charge on any atom is 0.305 e. The summed E-state index contributed by atoms with van der Waals surface area (Å²) in [5, 5.41) is 26.6. The minimum absolute atomic E-state index is 0.00148. The van der Waals surface area contributed by atoms with Crippen molar-refractivity contribution in [3.05, 3.63) is 65.7 Å². The van der Waals surface area contributed by atoms with Crippen molar-refractivity contribution in [1.82, 2.24) is 20.9 Å². The zero-order valence-corrected chi connectivity index (χ0v) is 26.6. The van der Waals surface area contributed by atoms with Gasteiger partial charge in [0.2, 0.25) is 29.5 Å². The Morgan fingerprint density at radius 2 is 1.40 bits per heavy atom. The van der Waals surface area contributed by atoms with Crippen LogP contribution < -0.4 is 27.4 Å². The van der Waals surface area contributed by atoms with Crippen LogP contribution in [0.3, 0.4) is 0 Å². The maximum absolute atomic E-state index is 13.9. The summed E-state index contributed by atoms with van der Waals surface area (Å²) >= 11 is 0. The lowest BCUT2D eigenvalue weighted by Gasteiger charge is -2.29. The molecule has 0 spiro atoms. The van der Waals surface area contributed by atoms with Crippen molar-refractivity contribution in [1.29, 1.82) is 0 Å². The van der Waals surface area contributed by atoms with Gasteiger partial charge in [-0.05, 0) is 48.4 Å². The minimum Gasteiger partial charge on any atom is -0.508 e. The molecule has 254 valence electrons. The van der Waals surface area contributed by atoms with E-state index in [4.69, 9.17) is 11.5 Å². The molecule has 1 fully saturated rings. The highest BCUT2D eigenvalue weighted by Gasteiger charge is 2.38. The van der Waals surface area contributed by atoms with Gasteiger partial charge in [-0.3, -0.25) is 28.8 Å². The van der Waals surface area contributed by atoms with Crippen molar-refractivity contribution in [3.8, 4) is 5.75 Å². The van der Waals surface area contributed by atoms with Crippen LogP contribution in [0, 0.1) is 5.92 Å². The van der Waals surface area contributed by atoms with Crippen LogP contribution in [0.2, 0.25) is 0 Å². The van der Waals surface area contributed by atoms with E-state index in [1.54, 1.807) is 42.5 Å². The van der Waals surface area contributed by atoms with Crippen LogP contribution in [-0.2, 0) is 41.6 Å². The minimum atomic E-state index is -1.53. The Bertz CT molecular complexity index is 1420. The number of carbonyl (C=O) groups is 6. The number of benzene rings is 2. The van der Waals surface area contributed by atoms with Gasteiger partial charge in [-0.25, -0.2) is 0 Å². The maximum atomic E-state index is 13.9. The first kappa shape index (κ1) is 36.5. The second-order valence-corrected chi connectivity index (χ2v) is 12.2. The molecular weight excluding hydrogens is 608 g/mol. The number of phenolic OH excluding ortho intramolecular Hbond substituents is 1. The number of primary amides is 1. The number of aromatic hydroxyl groups is 1. The SMILES string of the molecule is CC(C)C[C@H](N)C(=O)N1CCC[C@@H]1C(=O)N[C@@H](Cc1ccc(O)cc1)C(=O)N[C@@H](Cc1ccccc1)C(=O)N[C@@H](CC(=O)O)C(N)=O. The summed E-state index contributed by atoms with van der Waals surface area (Å²) in [5.74, 6) is -4.76. The number of carbonyl (C=O) groups excluding carboxylic acids is 5. The molecule has 0 saturated carbocycles. The summed E-state index contributed by atoms with van der Waals surface area (Å²) < 4.78 is 0. The van der Waals surface area contributed by atoms with Gasteiger partial charge in [-0.1, -0.05) is 56.3 Å². The van der Waals surface area contributed by atoms with Gasteiger partial charge in [0.15, 0.2) is 0 Å². The van der Waals surface area contributed by atoms with E-state index in [1.807, 2.05) is 13.8 Å². The molecule has 14 nitrogen and oxygen atoms in total. The number of nitrogens with zero attached hydrogens (tertiary/aromatic N) is 1. The summed E-state index contributed by atoms with van der Waals surface area (Å²) in [6, 6.07) is 9.01. The van der Waals surface area contributed by atoms with Gasteiger partial charge in [-0.15, -0.1) is 0 Å². The highest BCUT2D eigenvalue weighted by Crippen LogP contribution is 2.21. The third-order valence-electron chi connectivity index (χ3n) is 7.84. The van der Waals surface area contributed by atoms with Crippen molar-refractivity contribution in [2.75, 3.05) is 6.54 Å². The number of aliphatic carboxylic acids is 1. The standard InChI is InChI=1S/C33H44N6O8/c1-19(2)15-23(34)33(47)39-14-6-9-27(39)32(46)38-26(17-21-10-12-22(40)13-11-21)31(45)37-25(16-20-7-4-3-5-8-20)30(44)36-24(29(35)43)18-28(41)42/h3-5,7-8,10-13,19,23-27,40H,6,9,14-18,34H2,1-2H3,(H2,35,43)(H,36,44)(H,37,45)(H,38,46)(H,41,42)/t23-,24-,25-,26-,27+/m0/s1. The van der Waals surface area contributed by atoms with Gasteiger partial charge in [0.05, 0.1) is 12.5 Å². The lowest BCUT2D eigenvalue weighted by atomic mass is 10.0. The zero-order valence-electron chi connectivity index (χ0n) is 26.6. The van der Waals surface area contributed by atoms with Crippen LogP contribution in [-0.4, -0.2) is 87.4 Å². The molecule has 0 unspecified atom stereocenters. The number of carboxylic acid groups (broad SMARTS) is 1. The summed E-state index contributed by atoms with van der Waals surface area (Å²) in [6.45, 7) is 4.23. The van der Waals surface area contributed by atoms with Crippen LogP contribution in [0.5, 0.6) is 5.75 Å². The van der Waals surface area contributed by atoms with Gasteiger partial charge < -0.3 is 42.5 Å². The third-order valence-corrected chi connectivity index (χ3v) is 7.84. The van der Waals surface area contributed by atoms with Crippen LogP contribution in [0.1, 0.15) is 50.7 Å². The molecule has 5 amide bonds. The van der Waals surface area contributed by atoms with Gasteiger partial charge in [0, 0.05) is 19.4 Å². The van der Waals surface area contributed by atoms with E-state index < -0.39 is 66.2 Å². The van der Waals surface area contributed by atoms with Crippen molar-refractivity contribution in [3.63, 3.8) is 0 Å². The molecule has 0 radical (unpaired) electrons. The number of nitrogens with two attached hydrogens (primary N) is 2. The van der Waals surface area contributed by atoms with Gasteiger partial charge >= 0.3 is 5.97 Å². The number of amides is 5. The Morgan fingerprint density at radius 3 is 1.96 bits per heavy atom. The summed E-state index contributed by atoms with van der Waals surface area (Å²) in [5.41, 5.74) is 12.7. The first-order chi connectivity index (χ1) is 22.2. The summed E-state index contributed by atoms with van der Waals surface area (Å²) in [6.07, 6.45) is 0.567. The Labute approximate surface area is 273 Å². The quantitative estimate of drug-likeness (QED) is 0.129. The molecule has 14 heteroatoms. The Morgan fingerprint density at radius 1 is 0.851 bits per heavy atom. The predicted octanol–water partition coefficient (Wildman–Crippen LogP) is -0.0438. The van der Waals surface area contributed by atoms with Crippen LogP contribution >= 0.6 is 0 Å². The monoisotopic (exact) mass is 652 g/mol. The number of hydrogen-bond acceptors (Lipinski definition) is 8. The van der Waals surface area contributed by atoms with E-state index in [9.17, 15) is 39.0 Å². The first-order valence-electron chi connectivity index (χ1n) is 15.5. The van der Waals surface area contributed by atoms with Gasteiger partial charge in [-0.2, -0.15) is 0 Å². The van der Waals surface area contributed by atoms with Crippen molar-refractivity contribution >= 4 is 35.5 Å². The van der Waals surface area contributed by atoms with Crippen LogP contribution in [0.25, 0.3) is 0 Å². The molecule has 1 heterocycles. The number of phenols is 1. The number of carboxylic acids is 1. The fourth-order valence-corrected chi connectivity index (χ4v) is 5.47. The van der Waals surface area contributed by atoms with Crippen LogP contribution in [0.15, 0.2) is 54.6 Å². The van der Waals surface area contributed by atoms with E-state index in [0.29, 0.717) is 36.9 Å². The van der Waals surface area contributed by atoms with Crippen molar-refractivity contribution in [2.24, 2.45) is 17.4 Å². The highest BCUT2D eigenvalue weighted by molar-refractivity contribution is 5.96. The molecule has 3 rings (SSSR count). The van der Waals surface area contributed by atoms with E-state index in [-0.39, 0.29) is 30.4 Å². The fraction of sp³-hybridized carbons (Fsp3) is 0.455. The molecular formula is C33H44N6O8. The highest BCUT2D eigenvalue weighted by atomic mass is 16.4. The molecule has 1 aliphatic rings. The molecule has 2 aromatic carbocycles. The average Bonchev–Trinajstić information content (AvgIpc) is 3.51. The van der Waals surface area contributed by atoms with E-state index >= 15 is 0 Å². The van der Waals surface area contributed by atoms with Crippen molar-refractivity contribution < 1.29 is 39.0 Å². The third kappa shape index (κ3) is 11.1. The molecule has 2 aromatic rings. The first-order valence-corrected chi connectivity index (χ1v) is 15.5. The lowest BCUT2D eigenvalue weighted by Crippen LogP contribution is -2.59. The molecule has 47 heavy (non-hydrogen) atoms. The second-order valence-electron chi connectivity index (χ2n) is 12.2. The predicted molar refractivity (Wildman–Crippen MR) is 171 cm³/mol. The fourth-order valence-electron chi connectivity index (χ4n) is 5.47. The molecule has 5 atom stereocenters. The Hall–Kier alpha value is -4.98. The Balaban J connectivity index is 1.87. The molecule has 0 bridgehead atoms.